The normalized spacial score (nSPS) is 20.0. The zero-order valence-electron chi connectivity index (χ0n) is 44.4. The number of esters is 1. The lowest BCUT2D eigenvalue weighted by Crippen LogP contribution is -2.61. The van der Waals surface area contributed by atoms with Gasteiger partial charge in [0.2, 0.25) is 5.91 Å². The first kappa shape index (κ1) is 64.9. The highest BCUT2D eigenvalue weighted by atomic mass is 16.7. The number of aliphatic hydroxyl groups excluding tert-OH is 5. The van der Waals surface area contributed by atoms with Crippen molar-refractivity contribution in [3.8, 4) is 0 Å². The molecule has 1 rings (SSSR count). The number of hydrogen-bond donors (Lipinski definition) is 6. The third kappa shape index (κ3) is 35.6. The van der Waals surface area contributed by atoms with Crippen molar-refractivity contribution in [1.82, 2.24) is 5.32 Å². The topological polar surface area (TPSA) is 175 Å². The minimum atomic E-state index is -1.63. The summed E-state index contributed by atoms with van der Waals surface area (Å²) in [5, 5.41) is 56.7. The van der Waals surface area contributed by atoms with Gasteiger partial charge in [0.25, 0.3) is 0 Å². The quantitative estimate of drug-likeness (QED) is 0.0196. The number of nitrogens with one attached hydrogen (secondary N) is 1. The van der Waals surface area contributed by atoms with Crippen molar-refractivity contribution in [3.05, 3.63) is 36.5 Å². The number of hydrogen-bond acceptors (Lipinski definition) is 10. The molecule has 1 aliphatic heterocycles. The molecule has 0 spiro atoms. The Morgan fingerprint density at radius 1 is 0.565 bits per heavy atom. The number of allylic oxidation sites excluding steroid dienone is 5. The van der Waals surface area contributed by atoms with Crippen molar-refractivity contribution in [3.63, 3.8) is 0 Å². The van der Waals surface area contributed by atoms with Crippen LogP contribution in [-0.4, -0.2) is 99.6 Å². The maximum absolute atomic E-state index is 13.4. The average Bonchev–Trinajstić information content (AvgIpc) is 3.34. The zero-order chi connectivity index (χ0) is 50.4. The van der Waals surface area contributed by atoms with Gasteiger partial charge >= 0.3 is 5.97 Å². The SMILES string of the molecule is CCCCCCCC/C=C\C/C=C/CCC(=O)OC1C(OCC(NC(=O)C(O)CCCCCCCCCCCCCCCCCC)C(O)/C=C/CCCCCCCCCCC)OC(CO)C(O)C1O. The molecule has 0 radical (unpaired) electrons. The molecular formula is C58H107NO10. The van der Waals surface area contributed by atoms with Crippen molar-refractivity contribution >= 4 is 11.9 Å². The average molecular weight is 978 g/mol. The summed E-state index contributed by atoms with van der Waals surface area (Å²) in [5.74, 6) is -1.26. The third-order valence-corrected chi connectivity index (χ3v) is 13.6. The Bertz CT molecular complexity index is 1260. The van der Waals surface area contributed by atoms with Gasteiger partial charge < -0.3 is 45.1 Å². The van der Waals surface area contributed by atoms with Gasteiger partial charge in [-0.1, -0.05) is 243 Å². The van der Waals surface area contributed by atoms with Crippen LogP contribution in [0.15, 0.2) is 36.5 Å². The standard InChI is InChI=1S/C58H107NO10/c1-4-7-10-13-16-19-22-24-25-26-28-30-33-36-39-42-45-51(62)57(66)59-49(50(61)44-41-38-35-32-29-21-18-15-12-9-6-3)48-67-58-56(55(65)54(64)52(47-60)68-58)69-53(63)46-43-40-37-34-31-27-23-20-17-14-11-8-5-2/h27,31,37,40-41,44,49-52,54-56,58,60-62,64-65H,4-26,28-30,32-36,38-39,42-43,45-48H2,1-3H3,(H,59,66)/b31-27-,40-37+,44-41+. The van der Waals surface area contributed by atoms with Gasteiger partial charge in [0.05, 0.1) is 25.4 Å². The van der Waals surface area contributed by atoms with Crippen LogP contribution < -0.4 is 5.32 Å². The van der Waals surface area contributed by atoms with Gasteiger partial charge in [0.15, 0.2) is 12.4 Å². The summed E-state index contributed by atoms with van der Waals surface area (Å²) in [4.78, 5) is 26.4. The van der Waals surface area contributed by atoms with Crippen LogP contribution >= 0.6 is 0 Å². The van der Waals surface area contributed by atoms with Gasteiger partial charge in [0.1, 0.15) is 24.4 Å². The summed E-state index contributed by atoms with van der Waals surface area (Å²) in [5.41, 5.74) is 0. The Kier molecular flexibility index (Phi) is 44.1. The van der Waals surface area contributed by atoms with Gasteiger partial charge in [-0.05, 0) is 44.9 Å². The minimum Gasteiger partial charge on any atom is -0.454 e. The van der Waals surface area contributed by atoms with Crippen molar-refractivity contribution in [2.24, 2.45) is 0 Å². The first-order valence-corrected chi connectivity index (χ1v) is 28.8. The molecule has 8 unspecified atom stereocenters. The molecule has 1 amide bonds. The number of aliphatic hydroxyl groups is 5. The predicted octanol–water partition coefficient (Wildman–Crippen LogP) is 12.7. The van der Waals surface area contributed by atoms with Crippen LogP contribution in [-0.2, 0) is 23.8 Å². The summed E-state index contributed by atoms with van der Waals surface area (Å²) < 4.78 is 17.5. The van der Waals surface area contributed by atoms with Gasteiger partial charge in [-0.15, -0.1) is 0 Å². The monoisotopic (exact) mass is 978 g/mol. The van der Waals surface area contributed by atoms with E-state index in [1.54, 1.807) is 6.08 Å². The largest absolute Gasteiger partial charge is 0.454 e. The molecule has 0 aromatic heterocycles. The highest BCUT2D eigenvalue weighted by Gasteiger charge is 2.47. The maximum Gasteiger partial charge on any atom is 0.306 e. The van der Waals surface area contributed by atoms with E-state index in [1.807, 2.05) is 18.2 Å². The second-order valence-electron chi connectivity index (χ2n) is 20.0. The van der Waals surface area contributed by atoms with E-state index >= 15 is 0 Å². The lowest BCUT2D eigenvalue weighted by atomic mass is 9.99. The van der Waals surface area contributed by atoms with E-state index < -0.39 is 67.4 Å². The summed E-state index contributed by atoms with van der Waals surface area (Å²) in [6, 6.07) is -1.03. The van der Waals surface area contributed by atoms with Crippen LogP contribution in [0.25, 0.3) is 0 Å². The van der Waals surface area contributed by atoms with E-state index in [1.165, 1.54) is 161 Å². The molecule has 69 heavy (non-hydrogen) atoms. The van der Waals surface area contributed by atoms with Crippen molar-refractivity contribution in [2.75, 3.05) is 13.2 Å². The van der Waals surface area contributed by atoms with Crippen LogP contribution in [0.3, 0.4) is 0 Å². The molecule has 0 bridgehead atoms. The Labute approximate surface area is 422 Å². The Morgan fingerprint density at radius 3 is 1.48 bits per heavy atom. The van der Waals surface area contributed by atoms with E-state index in [-0.39, 0.29) is 13.0 Å². The van der Waals surface area contributed by atoms with Gasteiger partial charge in [-0.3, -0.25) is 9.59 Å². The van der Waals surface area contributed by atoms with Gasteiger partial charge in [-0.25, -0.2) is 0 Å². The fourth-order valence-electron chi connectivity index (χ4n) is 8.94. The fourth-order valence-corrected chi connectivity index (χ4v) is 8.94. The molecule has 1 heterocycles. The number of unbranched alkanes of at least 4 members (excludes halogenated alkanes) is 30. The Hall–Kier alpha value is -2.12. The van der Waals surface area contributed by atoms with E-state index in [9.17, 15) is 35.1 Å². The van der Waals surface area contributed by atoms with E-state index in [2.05, 4.69) is 38.2 Å². The first-order chi connectivity index (χ1) is 33.7. The molecule has 1 fully saturated rings. The maximum atomic E-state index is 13.4. The van der Waals surface area contributed by atoms with E-state index in [0.29, 0.717) is 19.3 Å². The van der Waals surface area contributed by atoms with Crippen LogP contribution in [0.2, 0.25) is 0 Å². The smallest absolute Gasteiger partial charge is 0.306 e. The summed E-state index contributed by atoms with van der Waals surface area (Å²) in [6.07, 6.45) is 43.5. The number of ether oxygens (including phenoxy) is 3. The molecule has 11 nitrogen and oxygen atoms in total. The van der Waals surface area contributed by atoms with Crippen molar-refractivity contribution < 1.29 is 49.3 Å². The number of amides is 1. The number of carbonyl (C=O) groups is 2. The van der Waals surface area contributed by atoms with Crippen LogP contribution in [0.5, 0.6) is 0 Å². The molecule has 6 N–H and O–H groups in total. The fraction of sp³-hybridized carbons (Fsp3) is 0.862. The molecule has 0 aromatic rings. The summed E-state index contributed by atoms with van der Waals surface area (Å²) >= 11 is 0. The third-order valence-electron chi connectivity index (χ3n) is 13.6. The molecular weight excluding hydrogens is 871 g/mol. The molecule has 0 aromatic carbocycles. The van der Waals surface area contributed by atoms with Crippen molar-refractivity contribution in [2.45, 2.75) is 307 Å². The lowest BCUT2D eigenvalue weighted by molar-refractivity contribution is -0.305. The second kappa shape index (κ2) is 46.9. The summed E-state index contributed by atoms with van der Waals surface area (Å²) in [6.45, 7) is 5.74. The van der Waals surface area contributed by atoms with Crippen LogP contribution in [0.4, 0.5) is 0 Å². The minimum absolute atomic E-state index is 0.0197. The van der Waals surface area contributed by atoms with Gasteiger partial charge in [-0.2, -0.15) is 0 Å². The molecule has 0 aliphatic carbocycles. The molecule has 1 saturated heterocycles. The molecule has 404 valence electrons. The number of carbonyl (C=O) groups excluding carboxylic acids is 2. The first-order valence-electron chi connectivity index (χ1n) is 28.8. The Balaban J connectivity index is 2.74. The highest BCUT2D eigenvalue weighted by molar-refractivity contribution is 5.80. The number of rotatable bonds is 48. The van der Waals surface area contributed by atoms with Crippen LogP contribution in [0, 0.1) is 0 Å². The van der Waals surface area contributed by atoms with Gasteiger partial charge in [0, 0.05) is 6.42 Å². The molecule has 1 aliphatic rings. The van der Waals surface area contributed by atoms with Crippen molar-refractivity contribution in [1.29, 1.82) is 0 Å². The highest BCUT2D eigenvalue weighted by Crippen LogP contribution is 2.26. The van der Waals surface area contributed by atoms with Crippen LogP contribution in [0.1, 0.15) is 258 Å². The molecule has 0 saturated carbocycles. The molecule has 8 atom stereocenters. The second-order valence-corrected chi connectivity index (χ2v) is 20.0. The Morgan fingerprint density at radius 2 is 1.00 bits per heavy atom. The summed E-state index contributed by atoms with van der Waals surface area (Å²) in [7, 11) is 0. The lowest BCUT2D eigenvalue weighted by Gasteiger charge is -2.41. The van der Waals surface area contributed by atoms with E-state index in [4.69, 9.17) is 14.2 Å². The zero-order valence-corrected chi connectivity index (χ0v) is 44.4. The predicted molar refractivity (Wildman–Crippen MR) is 283 cm³/mol. The molecule has 11 heteroatoms. The van der Waals surface area contributed by atoms with E-state index in [0.717, 1.165) is 51.4 Å².